The minimum absolute atomic E-state index is 0.772. The molecule has 0 unspecified atom stereocenters. The van der Waals surface area contributed by atoms with E-state index in [9.17, 15) is 0 Å². The van der Waals surface area contributed by atoms with Crippen LogP contribution >= 0.6 is 0 Å². The molecule has 5 rings (SSSR count). The number of aromatic nitrogens is 6. The van der Waals surface area contributed by atoms with Gasteiger partial charge in [-0.1, -0.05) is 0 Å². The van der Waals surface area contributed by atoms with Crippen molar-refractivity contribution in [2.45, 2.75) is 19.3 Å². The highest BCUT2D eigenvalue weighted by atomic mass is 15.4. The quantitative estimate of drug-likeness (QED) is 0.688. The molecule has 1 fully saturated rings. The molecule has 0 bridgehead atoms. The molecule has 1 saturated heterocycles. The first kappa shape index (κ1) is 13.6. The largest absolute Gasteiger partial charge is 0.353 e. The molecule has 1 aliphatic heterocycles. The number of nitrogens with zero attached hydrogens (tertiary/aromatic N) is 8. The van der Waals surface area contributed by atoms with Crippen molar-refractivity contribution < 1.29 is 0 Å². The molecule has 0 aromatic carbocycles. The Labute approximate surface area is 139 Å². The van der Waals surface area contributed by atoms with Crippen LogP contribution in [0.4, 0.5) is 11.6 Å². The van der Waals surface area contributed by atoms with Gasteiger partial charge in [-0.05, 0) is 31.4 Å². The molecule has 122 valence electrons. The third-order valence-corrected chi connectivity index (χ3v) is 4.90. The summed E-state index contributed by atoms with van der Waals surface area (Å²) < 4.78 is 1.72. The van der Waals surface area contributed by atoms with Gasteiger partial charge in [-0.25, -0.2) is 9.97 Å². The minimum atomic E-state index is 0.772. The molecule has 0 saturated carbocycles. The van der Waals surface area contributed by atoms with Gasteiger partial charge in [-0.2, -0.15) is 4.52 Å². The molecule has 3 aromatic heterocycles. The van der Waals surface area contributed by atoms with Crippen LogP contribution in [0.3, 0.4) is 0 Å². The fraction of sp³-hybridized carbons (Fsp3) is 0.438. The van der Waals surface area contributed by atoms with Crippen molar-refractivity contribution in [3.63, 3.8) is 0 Å². The van der Waals surface area contributed by atoms with Crippen LogP contribution in [0.25, 0.3) is 5.65 Å². The summed E-state index contributed by atoms with van der Waals surface area (Å²) in [5.74, 6) is 2.11. The second-order valence-corrected chi connectivity index (χ2v) is 6.28. The van der Waals surface area contributed by atoms with Gasteiger partial charge in [-0.3, -0.25) is 0 Å². The Bertz CT molecular complexity index is 881. The SMILES string of the molecule is c1nc2c(c(N3CCN(c4ccc5nncn5n4)CC3)n1)CCC2. The summed E-state index contributed by atoms with van der Waals surface area (Å²) in [6.07, 6.45) is 6.75. The second kappa shape index (κ2) is 5.40. The Hall–Kier alpha value is -2.77. The lowest BCUT2D eigenvalue weighted by molar-refractivity contribution is 0.633. The van der Waals surface area contributed by atoms with E-state index < -0.39 is 0 Å². The lowest BCUT2D eigenvalue weighted by Gasteiger charge is -2.36. The van der Waals surface area contributed by atoms with Crippen molar-refractivity contribution >= 4 is 17.3 Å². The van der Waals surface area contributed by atoms with Gasteiger partial charge in [-0.15, -0.1) is 15.3 Å². The third-order valence-electron chi connectivity index (χ3n) is 4.90. The number of fused-ring (bicyclic) bond motifs is 2. The smallest absolute Gasteiger partial charge is 0.177 e. The fourth-order valence-corrected chi connectivity index (χ4v) is 3.65. The van der Waals surface area contributed by atoms with Crippen molar-refractivity contribution in [2.75, 3.05) is 36.0 Å². The molecule has 0 N–H and O–H groups in total. The zero-order valence-electron chi connectivity index (χ0n) is 13.3. The molecule has 0 amide bonds. The number of aryl methyl sites for hydroxylation is 1. The average molecular weight is 322 g/mol. The van der Waals surface area contributed by atoms with Crippen LogP contribution in [0.2, 0.25) is 0 Å². The van der Waals surface area contributed by atoms with Gasteiger partial charge in [0.25, 0.3) is 0 Å². The van der Waals surface area contributed by atoms with Crippen LogP contribution in [-0.2, 0) is 12.8 Å². The predicted molar refractivity (Wildman–Crippen MR) is 89.3 cm³/mol. The Kier molecular flexibility index (Phi) is 3.07. The molecule has 0 spiro atoms. The highest BCUT2D eigenvalue weighted by Gasteiger charge is 2.24. The first-order chi connectivity index (χ1) is 11.9. The van der Waals surface area contributed by atoms with Crippen molar-refractivity contribution in [1.29, 1.82) is 0 Å². The fourth-order valence-electron chi connectivity index (χ4n) is 3.65. The van der Waals surface area contributed by atoms with Crippen LogP contribution in [0.5, 0.6) is 0 Å². The van der Waals surface area contributed by atoms with E-state index in [0.29, 0.717) is 0 Å². The van der Waals surface area contributed by atoms with Gasteiger partial charge in [0.2, 0.25) is 0 Å². The van der Waals surface area contributed by atoms with Crippen LogP contribution in [-0.4, -0.2) is 56.0 Å². The lowest BCUT2D eigenvalue weighted by atomic mass is 10.2. The zero-order valence-corrected chi connectivity index (χ0v) is 13.3. The summed E-state index contributed by atoms with van der Waals surface area (Å²) in [5, 5.41) is 12.5. The number of piperazine rings is 1. The van der Waals surface area contributed by atoms with Crippen molar-refractivity contribution in [1.82, 2.24) is 29.8 Å². The second-order valence-electron chi connectivity index (χ2n) is 6.28. The third kappa shape index (κ3) is 2.17. The Morgan fingerprint density at radius 3 is 2.71 bits per heavy atom. The molecule has 24 heavy (non-hydrogen) atoms. The summed E-state index contributed by atoms with van der Waals surface area (Å²) in [6, 6.07) is 3.97. The minimum Gasteiger partial charge on any atom is -0.353 e. The predicted octanol–water partition coefficient (Wildman–Crippen LogP) is 0.730. The van der Waals surface area contributed by atoms with Gasteiger partial charge in [0.1, 0.15) is 24.3 Å². The molecule has 3 aromatic rings. The van der Waals surface area contributed by atoms with Crippen LogP contribution < -0.4 is 9.80 Å². The van der Waals surface area contributed by atoms with Crippen LogP contribution in [0.1, 0.15) is 17.7 Å². The molecule has 8 nitrogen and oxygen atoms in total. The topological polar surface area (TPSA) is 75.3 Å². The Balaban J connectivity index is 1.35. The summed E-state index contributed by atoms with van der Waals surface area (Å²) >= 11 is 0. The molecule has 1 aliphatic carbocycles. The van der Waals surface area contributed by atoms with E-state index in [1.165, 1.54) is 17.7 Å². The normalized spacial score (nSPS) is 17.5. The molecular weight excluding hydrogens is 304 g/mol. The summed E-state index contributed by atoms with van der Waals surface area (Å²) in [5.41, 5.74) is 3.37. The highest BCUT2D eigenvalue weighted by Crippen LogP contribution is 2.28. The van der Waals surface area contributed by atoms with E-state index in [2.05, 4.69) is 35.1 Å². The molecule has 0 atom stereocenters. The Morgan fingerprint density at radius 1 is 0.917 bits per heavy atom. The van der Waals surface area contributed by atoms with Crippen molar-refractivity contribution in [2.24, 2.45) is 0 Å². The van der Waals surface area contributed by atoms with Gasteiger partial charge in [0.15, 0.2) is 5.65 Å². The molecular formula is C16H18N8. The maximum Gasteiger partial charge on any atom is 0.177 e. The van der Waals surface area contributed by atoms with E-state index in [-0.39, 0.29) is 0 Å². The van der Waals surface area contributed by atoms with E-state index in [0.717, 1.165) is 56.3 Å². The maximum atomic E-state index is 4.59. The Morgan fingerprint density at radius 2 is 1.79 bits per heavy atom. The molecule has 2 aliphatic rings. The van der Waals surface area contributed by atoms with Gasteiger partial charge in [0.05, 0.1) is 0 Å². The number of hydrogen-bond acceptors (Lipinski definition) is 7. The summed E-state index contributed by atoms with van der Waals surface area (Å²) in [6.45, 7) is 3.76. The zero-order chi connectivity index (χ0) is 15.9. The van der Waals surface area contributed by atoms with Crippen LogP contribution in [0, 0.1) is 0 Å². The van der Waals surface area contributed by atoms with E-state index in [1.807, 2.05) is 12.1 Å². The van der Waals surface area contributed by atoms with Gasteiger partial charge in [0, 0.05) is 37.4 Å². The summed E-state index contributed by atoms with van der Waals surface area (Å²) in [4.78, 5) is 13.7. The number of hydrogen-bond donors (Lipinski definition) is 0. The molecule has 4 heterocycles. The average Bonchev–Trinajstić information content (AvgIpc) is 3.30. The van der Waals surface area contributed by atoms with E-state index in [1.54, 1.807) is 17.2 Å². The van der Waals surface area contributed by atoms with E-state index >= 15 is 0 Å². The van der Waals surface area contributed by atoms with Crippen LogP contribution in [0.15, 0.2) is 24.8 Å². The van der Waals surface area contributed by atoms with Crippen molar-refractivity contribution in [3.05, 3.63) is 36.0 Å². The molecule has 0 radical (unpaired) electrons. The first-order valence-corrected chi connectivity index (χ1v) is 8.38. The van der Waals surface area contributed by atoms with Gasteiger partial charge >= 0.3 is 0 Å². The maximum absolute atomic E-state index is 4.59. The first-order valence-electron chi connectivity index (χ1n) is 8.38. The van der Waals surface area contributed by atoms with Crippen molar-refractivity contribution in [3.8, 4) is 0 Å². The molecule has 8 heteroatoms. The van der Waals surface area contributed by atoms with E-state index in [4.69, 9.17) is 0 Å². The highest BCUT2D eigenvalue weighted by molar-refractivity contribution is 5.53. The standard InChI is InChI=1S/C16H18N8/c1-2-12-13(3-1)17-10-18-16(12)23-8-6-22(7-9-23)15-5-4-14-20-19-11-24(14)21-15/h4-5,10-11H,1-3,6-9H2. The number of rotatable bonds is 2. The summed E-state index contributed by atoms with van der Waals surface area (Å²) in [7, 11) is 0. The van der Waals surface area contributed by atoms with Gasteiger partial charge < -0.3 is 9.80 Å². The lowest BCUT2D eigenvalue weighted by Crippen LogP contribution is -2.47. The monoisotopic (exact) mass is 322 g/mol. The number of anilines is 2.